The van der Waals surface area contributed by atoms with Crippen molar-refractivity contribution in [2.75, 3.05) is 6.54 Å². The summed E-state index contributed by atoms with van der Waals surface area (Å²) in [5.74, 6) is 1.54. The van der Waals surface area contributed by atoms with Crippen molar-refractivity contribution in [3.63, 3.8) is 0 Å². The van der Waals surface area contributed by atoms with Gasteiger partial charge in [-0.3, -0.25) is 0 Å². The summed E-state index contributed by atoms with van der Waals surface area (Å²) in [7, 11) is 0. The van der Waals surface area contributed by atoms with Gasteiger partial charge in [-0.15, -0.1) is 0 Å². The van der Waals surface area contributed by atoms with Crippen molar-refractivity contribution in [2.45, 2.75) is 45.6 Å². The summed E-state index contributed by atoms with van der Waals surface area (Å²) in [4.78, 5) is 0. The van der Waals surface area contributed by atoms with Crippen LogP contribution in [0.15, 0.2) is 18.2 Å². The van der Waals surface area contributed by atoms with Crippen molar-refractivity contribution in [1.29, 1.82) is 0 Å². The zero-order valence-corrected chi connectivity index (χ0v) is 13.3. The Bertz CT molecular complexity index is 417. The van der Waals surface area contributed by atoms with Gasteiger partial charge in [-0.25, -0.2) is 0 Å². The molecule has 0 radical (unpaired) electrons. The predicted molar refractivity (Wildman–Crippen MR) is 84.1 cm³/mol. The highest BCUT2D eigenvalue weighted by Crippen LogP contribution is 2.35. The van der Waals surface area contributed by atoms with E-state index in [0.29, 0.717) is 6.04 Å². The summed E-state index contributed by atoms with van der Waals surface area (Å²) in [5.41, 5.74) is 1.24. The lowest BCUT2D eigenvalue weighted by molar-refractivity contribution is 0.354. The van der Waals surface area contributed by atoms with Crippen LogP contribution < -0.4 is 5.32 Å². The number of halogens is 2. The molecule has 106 valence electrons. The fraction of sp³-hybridized carbons (Fsp3) is 0.625. The van der Waals surface area contributed by atoms with Gasteiger partial charge in [0.15, 0.2) is 0 Å². The maximum Gasteiger partial charge on any atom is 0.0452 e. The quantitative estimate of drug-likeness (QED) is 0.811. The molecule has 1 aliphatic carbocycles. The molecule has 19 heavy (non-hydrogen) atoms. The smallest absolute Gasteiger partial charge is 0.0452 e. The normalized spacial score (nSPS) is 23.2. The highest BCUT2D eigenvalue weighted by molar-refractivity contribution is 6.35. The Morgan fingerprint density at radius 3 is 2.63 bits per heavy atom. The van der Waals surface area contributed by atoms with E-state index >= 15 is 0 Å². The van der Waals surface area contributed by atoms with Crippen LogP contribution in [0.25, 0.3) is 0 Å². The number of hydrogen-bond acceptors (Lipinski definition) is 1. The Labute approximate surface area is 126 Å². The zero-order chi connectivity index (χ0) is 13.8. The first-order chi connectivity index (χ1) is 9.06. The van der Waals surface area contributed by atoms with Crippen molar-refractivity contribution in [3.8, 4) is 0 Å². The first-order valence-electron chi connectivity index (χ1n) is 7.23. The molecule has 2 atom stereocenters. The molecule has 0 bridgehead atoms. The number of benzene rings is 1. The molecule has 1 saturated carbocycles. The first-order valence-corrected chi connectivity index (χ1v) is 7.99. The van der Waals surface area contributed by atoms with E-state index in [1.807, 2.05) is 12.1 Å². The molecule has 1 N–H and O–H groups in total. The molecule has 0 aliphatic heterocycles. The Morgan fingerprint density at radius 2 is 1.95 bits per heavy atom. The summed E-state index contributed by atoms with van der Waals surface area (Å²) in [6.45, 7) is 5.55. The Hall–Kier alpha value is -0.240. The van der Waals surface area contributed by atoms with Gasteiger partial charge >= 0.3 is 0 Å². The van der Waals surface area contributed by atoms with E-state index in [1.54, 1.807) is 0 Å². The van der Waals surface area contributed by atoms with E-state index < -0.39 is 0 Å². The topological polar surface area (TPSA) is 12.0 Å². The van der Waals surface area contributed by atoms with Crippen LogP contribution in [0.3, 0.4) is 0 Å². The molecule has 3 heteroatoms. The van der Waals surface area contributed by atoms with Crippen molar-refractivity contribution >= 4 is 23.2 Å². The van der Waals surface area contributed by atoms with Crippen molar-refractivity contribution in [3.05, 3.63) is 33.8 Å². The largest absolute Gasteiger partial charge is 0.314 e. The van der Waals surface area contributed by atoms with E-state index in [-0.39, 0.29) is 0 Å². The molecule has 0 amide bonds. The van der Waals surface area contributed by atoms with Gasteiger partial charge in [-0.05, 0) is 55.3 Å². The van der Waals surface area contributed by atoms with Crippen LogP contribution >= 0.6 is 23.2 Å². The van der Waals surface area contributed by atoms with Gasteiger partial charge in [0, 0.05) is 16.1 Å². The minimum Gasteiger partial charge on any atom is -0.314 e. The van der Waals surface area contributed by atoms with Gasteiger partial charge in [0.1, 0.15) is 0 Å². The van der Waals surface area contributed by atoms with Crippen molar-refractivity contribution in [1.82, 2.24) is 5.32 Å². The van der Waals surface area contributed by atoms with Gasteiger partial charge in [-0.2, -0.15) is 0 Å². The van der Waals surface area contributed by atoms with Crippen LogP contribution in [0.5, 0.6) is 0 Å². The predicted octanol–water partition coefficient (Wildman–Crippen LogP) is 4.95. The first kappa shape index (κ1) is 15.2. The Kier molecular flexibility index (Phi) is 5.56. The summed E-state index contributed by atoms with van der Waals surface area (Å²) in [6.07, 6.45) is 5.10. The zero-order valence-electron chi connectivity index (χ0n) is 11.8. The minimum atomic E-state index is 0.570. The standard InChI is InChI=1S/C16H23Cl2N/c1-11(2)19-10-14-5-3-4-12(14)8-13-6-7-15(17)9-16(13)18/h6-7,9,11-12,14,19H,3-5,8,10H2,1-2H3. The minimum absolute atomic E-state index is 0.570. The lowest BCUT2D eigenvalue weighted by atomic mass is 9.89. The molecular formula is C16H23Cl2N. The number of rotatable bonds is 5. The lowest BCUT2D eigenvalue weighted by Gasteiger charge is -2.22. The molecular weight excluding hydrogens is 277 g/mol. The second-order valence-corrected chi connectivity index (χ2v) is 6.80. The monoisotopic (exact) mass is 299 g/mol. The van der Waals surface area contributed by atoms with Crippen LogP contribution in [0.4, 0.5) is 0 Å². The fourth-order valence-electron chi connectivity index (χ4n) is 3.01. The lowest BCUT2D eigenvalue weighted by Crippen LogP contribution is -2.31. The second-order valence-electron chi connectivity index (χ2n) is 5.95. The molecule has 1 nitrogen and oxygen atoms in total. The summed E-state index contributed by atoms with van der Waals surface area (Å²) < 4.78 is 0. The molecule has 2 rings (SSSR count). The van der Waals surface area contributed by atoms with Gasteiger partial charge in [-0.1, -0.05) is 49.5 Å². The Balaban J connectivity index is 1.97. The molecule has 1 fully saturated rings. The SMILES string of the molecule is CC(C)NCC1CCCC1Cc1ccc(Cl)cc1Cl. The van der Waals surface area contributed by atoms with Crippen LogP contribution in [0, 0.1) is 11.8 Å². The highest BCUT2D eigenvalue weighted by atomic mass is 35.5. The molecule has 1 aromatic rings. The molecule has 1 aliphatic rings. The van der Waals surface area contributed by atoms with E-state index in [4.69, 9.17) is 23.2 Å². The van der Waals surface area contributed by atoms with Gasteiger partial charge < -0.3 is 5.32 Å². The Morgan fingerprint density at radius 1 is 1.21 bits per heavy atom. The summed E-state index contributed by atoms with van der Waals surface area (Å²) in [5, 5.41) is 5.11. The van der Waals surface area contributed by atoms with Crippen molar-refractivity contribution in [2.24, 2.45) is 11.8 Å². The molecule has 1 aromatic carbocycles. The van der Waals surface area contributed by atoms with Gasteiger partial charge in [0.25, 0.3) is 0 Å². The van der Waals surface area contributed by atoms with Gasteiger partial charge in [0.2, 0.25) is 0 Å². The van der Waals surface area contributed by atoms with E-state index in [2.05, 4.69) is 25.2 Å². The maximum atomic E-state index is 6.28. The van der Waals surface area contributed by atoms with Crippen LogP contribution in [0.2, 0.25) is 10.0 Å². The van der Waals surface area contributed by atoms with Gasteiger partial charge in [0.05, 0.1) is 0 Å². The van der Waals surface area contributed by atoms with E-state index in [1.165, 1.54) is 24.8 Å². The molecule has 0 saturated heterocycles. The third-order valence-electron chi connectivity index (χ3n) is 4.10. The maximum absolute atomic E-state index is 6.28. The van der Waals surface area contributed by atoms with E-state index in [0.717, 1.165) is 34.8 Å². The second kappa shape index (κ2) is 6.97. The number of hydrogen-bond donors (Lipinski definition) is 1. The average Bonchev–Trinajstić information content (AvgIpc) is 2.77. The van der Waals surface area contributed by atoms with Crippen LogP contribution in [-0.2, 0) is 6.42 Å². The third-order valence-corrected chi connectivity index (χ3v) is 4.69. The molecule has 2 unspecified atom stereocenters. The summed E-state index contributed by atoms with van der Waals surface area (Å²) in [6, 6.07) is 6.45. The summed E-state index contributed by atoms with van der Waals surface area (Å²) >= 11 is 12.2. The number of nitrogens with one attached hydrogen (secondary N) is 1. The van der Waals surface area contributed by atoms with Crippen LogP contribution in [0.1, 0.15) is 38.7 Å². The molecule has 0 heterocycles. The fourth-order valence-corrected chi connectivity index (χ4v) is 3.49. The van der Waals surface area contributed by atoms with Crippen LogP contribution in [-0.4, -0.2) is 12.6 Å². The molecule has 0 spiro atoms. The highest BCUT2D eigenvalue weighted by Gasteiger charge is 2.27. The van der Waals surface area contributed by atoms with E-state index in [9.17, 15) is 0 Å². The van der Waals surface area contributed by atoms with Crippen molar-refractivity contribution < 1.29 is 0 Å². The molecule has 0 aromatic heterocycles. The third kappa shape index (κ3) is 4.37. The average molecular weight is 300 g/mol.